The quantitative estimate of drug-likeness (QED) is 0.465. The van der Waals surface area contributed by atoms with Gasteiger partial charge in [-0.1, -0.05) is 0 Å². The Balaban J connectivity index is 1.82. The van der Waals surface area contributed by atoms with Crippen molar-refractivity contribution in [1.29, 1.82) is 0 Å². The van der Waals surface area contributed by atoms with Crippen molar-refractivity contribution in [2.75, 3.05) is 13.7 Å². The molecule has 0 saturated carbocycles. The van der Waals surface area contributed by atoms with Crippen molar-refractivity contribution in [2.24, 2.45) is 19.8 Å². The van der Waals surface area contributed by atoms with Crippen LogP contribution >= 0.6 is 0 Å². The van der Waals surface area contributed by atoms with Gasteiger partial charge in [-0.3, -0.25) is 14.2 Å². The van der Waals surface area contributed by atoms with E-state index >= 15 is 0 Å². The molecule has 30 heavy (non-hydrogen) atoms. The van der Waals surface area contributed by atoms with E-state index in [0.717, 1.165) is 41.0 Å². The van der Waals surface area contributed by atoms with Gasteiger partial charge in [0.1, 0.15) is 17.1 Å². The fourth-order valence-corrected chi connectivity index (χ4v) is 3.53. The number of pyridine rings is 1. The average molecular weight is 408 g/mol. The van der Waals surface area contributed by atoms with Gasteiger partial charge >= 0.3 is 0 Å². The molecule has 0 unspecified atom stereocenters. The molecular formula is C20H24N8O2. The summed E-state index contributed by atoms with van der Waals surface area (Å²) in [4.78, 5) is 21.1. The second-order valence-corrected chi connectivity index (χ2v) is 7.22. The number of aromatic nitrogens is 7. The number of nitrogens with two attached hydrogens (primary N) is 1. The molecule has 4 rings (SSSR count). The number of imidazole rings is 1. The Labute approximate surface area is 173 Å². The number of hydrogen-bond acceptors (Lipinski definition) is 6. The Morgan fingerprint density at radius 3 is 2.77 bits per heavy atom. The van der Waals surface area contributed by atoms with E-state index in [2.05, 4.69) is 15.2 Å². The van der Waals surface area contributed by atoms with Gasteiger partial charge < -0.3 is 15.0 Å². The molecular weight excluding hydrogens is 384 g/mol. The number of ether oxygens (including phenoxy) is 1. The van der Waals surface area contributed by atoms with Gasteiger partial charge in [-0.25, -0.2) is 9.97 Å². The summed E-state index contributed by atoms with van der Waals surface area (Å²) in [6.45, 7) is 3.34. The first-order valence-electron chi connectivity index (χ1n) is 9.59. The summed E-state index contributed by atoms with van der Waals surface area (Å²) in [5.74, 6) is 0.0222. The molecule has 0 atom stereocenters. The third-order valence-electron chi connectivity index (χ3n) is 4.97. The molecule has 0 radical (unpaired) electrons. The Kier molecular flexibility index (Phi) is 5.08. The van der Waals surface area contributed by atoms with Crippen molar-refractivity contribution in [3.63, 3.8) is 0 Å². The van der Waals surface area contributed by atoms with Gasteiger partial charge in [-0.2, -0.15) is 10.2 Å². The molecule has 4 heterocycles. The van der Waals surface area contributed by atoms with Crippen molar-refractivity contribution in [1.82, 2.24) is 34.1 Å². The summed E-state index contributed by atoms with van der Waals surface area (Å²) < 4.78 is 10.7. The second kappa shape index (κ2) is 7.71. The van der Waals surface area contributed by atoms with Crippen LogP contribution in [0.3, 0.4) is 0 Å². The third-order valence-corrected chi connectivity index (χ3v) is 4.97. The van der Waals surface area contributed by atoms with Crippen LogP contribution in [0.25, 0.3) is 33.8 Å². The van der Waals surface area contributed by atoms with Gasteiger partial charge in [-0.05, 0) is 25.5 Å². The van der Waals surface area contributed by atoms with E-state index in [9.17, 15) is 4.79 Å². The van der Waals surface area contributed by atoms with Crippen molar-refractivity contribution >= 4 is 16.8 Å². The molecule has 0 aromatic carbocycles. The standard InChI is InChI=1S/C20H24N8O2/c1-12-8-17(28(25-12)6-5-7-30-4)15-11-26(2)20(24-15)18-13-10-22-27(3)16(13)9-14(23-18)19(21)29/h8-11H,5-7H2,1-4H3,(H2,21,29). The number of methoxy groups -OCH3 is 1. The Morgan fingerprint density at radius 2 is 2.03 bits per heavy atom. The SMILES string of the molecule is COCCCn1nc(C)cc1-c1cn(C)c(-c2nc(C(N)=O)cc3c2cnn3C)n1. The number of hydrogen-bond donors (Lipinski definition) is 1. The van der Waals surface area contributed by atoms with Crippen molar-refractivity contribution < 1.29 is 9.53 Å². The lowest BCUT2D eigenvalue weighted by atomic mass is 10.2. The van der Waals surface area contributed by atoms with Crippen LogP contribution in [-0.4, -0.2) is 53.7 Å². The first kappa shape index (κ1) is 19.8. The maximum atomic E-state index is 11.8. The number of carbonyl (C=O) groups is 1. The molecule has 4 aromatic heterocycles. The molecule has 0 aliphatic heterocycles. The maximum absolute atomic E-state index is 11.8. The highest BCUT2D eigenvalue weighted by atomic mass is 16.5. The molecule has 10 nitrogen and oxygen atoms in total. The summed E-state index contributed by atoms with van der Waals surface area (Å²) in [5.41, 5.74) is 9.60. The van der Waals surface area contributed by atoms with E-state index in [0.29, 0.717) is 18.1 Å². The van der Waals surface area contributed by atoms with Crippen LogP contribution in [0.4, 0.5) is 0 Å². The summed E-state index contributed by atoms with van der Waals surface area (Å²) in [6, 6.07) is 3.65. The summed E-state index contributed by atoms with van der Waals surface area (Å²) in [6.07, 6.45) is 4.50. The number of aryl methyl sites for hydroxylation is 4. The summed E-state index contributed by atoms with van der Waals surface area (Å²) >= 11 is 0. The summed E-state index contributed by atoms with van der Waals surface area (Å²) in [7, 11) is 5.39. The number of amides is 1. The smallest absolute Gasteiger partial charge is 0.267 e. The molecule has 0 aliphatic rings. The first-order valence-corrected chi connectivity index (χ1v) is 9.59. The minimum absolute atomic E-state index is 0.172. The molecule has 1 amide bonds. The lowest BCUT2D eigenvalue weighted by Gasteiger charge is -2.06. The van der Waals surface area contributed by atoms with Crippen molar-refractivity contribution in [2.45, 2.75) is 19.9 Å². The third kappa shape index (κ3) is 3.45. The highest BCUT2D eigenvalue weighted by Gasteiger charge is 2.20. The number of primary amides is 1. The van der Waals surface area contributed by atoms with E-state index in [4.69, 9.17) is 15.5 Å². The van der Waals surface area contributed by atoms with Gasteiger partial charge in [0.2, 0.25) is 0 Å². The topological polar surface area (TPSA) is 119 Å². The molecule has 156 valence electrons. The zero-order valence-electron chi connectivity index (χ0n) is 17.5. The van der Waals surface area contributed by atoms with E-state index in [1.54, 1.807) is 24.1 Å². The van der Waals surface area contributed by atoms with Crippen LogP contribution in [0.1, 0.15) is 22.6 Å². The molecule has 0 spiro atoms. The largest absolute Gasteiger partial charge is 0.385 e. The molecule has 4 aromatic rings. The van der Waals surface area contributed by atoms with Gasteiger partial charge in [-0.15, -0.1) is 0 Å². The number of carbonyl (C=O) groups excluding carboxylic acids is 1. The average Bonchev–Trinajstić information content (AvgIpc) is 3.38. The first-order chi connectivity index (χ1) is 14.4. The molecule has 10 heteroatoms. The van der Waals surface area contributed by atoms with Gasteiger partial charge in [0.15, 0.2) is 5.82 Å². The molecule has 0 bridgehead atoms. The Morgan fingerprint density at radius 1 is 1.23 bits per heavy atom. The van der Waals surface area contributed by atoms with Gasteiger partial charge in [0, 0.05) is 45.9 Å². The minimum atomic E-state index is -0.597. The van der Waals surface area contributed by atoms with E-state index < -0.39 is 5.91 Å². The normalized spacial score (nSPS) is 11.5. The zero-order valence-corrected chi connectivity index (χ0v) is 17.5. The number of nitrogens with zero attached hydrogens (tertiary/aromatic N) is 7. The van der Waals surface area contributed by atoms with Gasteiger partial charge in [0.05, 0.1) is 23.1 Å². The lowest BCUT2D eigenvalue weighted by Crippen LogP contribution is -2.14. The second-order valence-electron chi connectivity index (χ2n) is 7.22. The molecule has 0 aliphatic carbocycles. The number of fused-ring (bicyclic) bond motifs is 1. The fourth-order valence-electron chi connectivity index (χ4n) is 3.53. The van der Waals surface area contributed by atoms with Crippen LogP contribution in [0, 0.1) is 6.92 Å². The number of rotatable bonds is 7. The van der Waals surface area contributed by atoms with Crippen molar-refractivity contribution in [3.8, 4) is 22.9 Å². The van der Waals surface area contributed by atoms with Crippen LogP contribution in [-0.2, 0) is 25.4 Å². The lowest BCUT2D eigenvalue weighted by molar-refractivity contribution is 0.0996. The zero-order chi connectivity index (χ0) is 21.4. The Hall–Kier alpha value is -3.53. The summed E-state index contributed by atoms with van der Waals surface area (Å²) in [5, 5.41) is 9.68. The van der Waals surface area contributed by atoms with Crippen LogP contribution in [0.5, 0.6) is 0 Å². The van der Waals surface area contributed by atoms with Crippen LogP contribution < -0.4 is 5.73 Å². The molecule has 0 fully saturated rings. The van der Waals surface area contributed by atoms with Crippen LogP contribution in [0.2, 0.25) is 0 Å². The van der Waals surface area contributed by atoms with Crippen molar-refractivity contribution in [3.05, 3.63) is 35.9 Å². The predicted octanol–water partition coefficient (Wildman–Crippen LogP) is 1.68. The van der Waals surface area contributed by atoms with E-state index in [1.165, 1.54) is 0 Å². The van der Waals surface area contributed by atoms with E-state index in [-0.39, 0.29) is 5.69 Å². The monoisotopic (exact) mass is 408 g/mol. The Bertz CT molecular complexity index is 1230. The molecule has 0 saturated heterocycles. The minimum Gasteiger partial charge on any atom is -0.385 e. The van der Waals surface area contributed by atoms with Crippen LogP contribution in [0.15, 0.2) is 24.5 Å². The highest BCUT2D eigenvalue weighted by molar-refractivity contribution is 5.99. The maximum Gasteiger partial charge on any atom is 0.267 e. The highest BCUT2D eigenvalue weighted by Crippen LogP contribution is 2.29. The molecule has 2 N–H and O–H groups in total. The van der Waals surface area contributed by atoms with E-state index in [1.807, 2.05) is 42.5 Å². The van der Waals surface area contributed by atoms with Gasteiger partial charge in [0.25, 0.3) is 5.91 Å². The predicted molar refractivity (Wildman–Crippen MR) is 112 cm³/mol. The fraction of sp³-hybridized carbons (Fsp3) is 0.350.